The van der Waals surface area contributed by atoms with Gasteiger partial charge >= 0.3 is 0 Å². The first-order valence-electron chi connectivity index (χ1n) is 10.0. The summed E-state index contributed by atoms with van der Waals surface area (Å²) in [7, 11) is 0. The molecule has 3 unspecified atom stereocenters. The molecule has 4 bridgehead atoms. The number of carbonyl (C=O) groups excluding carboxylic acids is 1. The number of rotatable bonds is 3. The lowest BCUT2D eigenvalue weighted by molar-refractivity contribution is -0.156. The van der Waals surface area contributed by atoms with Crippen molar-refractivity contribution in [3.05, 3.63) is 35.8 Å². The molecule has 0 radical (unpaired) electrons. The molecule has 1 aromatic carbocycles. The van der Waals surface area contributed by atoms with Crippen molar-refractivity contribution in [3.8, 4) is 0 Å². The Morgan fingerprint density at radius 2 is 2.04 bits per heavy atom. The maximum Gasteiger partial charge on any atom is 0.223 e. The molecular weight excluding hydrogens is 327 g/mol. The Morgan fingerprint density at radius 1 is 1.31 bits per heavy atom. The van der Waals surface area contributed by atoms with E-state index in [-0.39, 0.29) is 17.6 Å². The molecule has 26 heavy (non-hydrogen) atoms. The number of piperidine rings is 2. The Morgan fingerprint density at radius 3 is 2.73 bits per heavy atom. The van der Waals surface area contributed by atoms with Crippen molar-refractivity contribution in [1.29, 1.82) is 0 Å². The number of carbonyl (C=O) groups is 1. The second-order valence-corrected chi connectivity index (χ2v) is 9.38. The molecule has 4 fully saturated rings. The number of hydrogen-bond acceptors (Lipinski definition) is 1. The lowest BCUT2D eigenvalue weighted by atomic mass is 9.56. The number of fused-ring (bicyclic) bond motifs is 1. The number of hydrogen-bond donors (Lipinski definition) is 1. The Bertz CT molecular complexity index is 856. The van der Waals surface area contributed by atoms with Crippen molar-refractivity contribution in [2.75, 3.05) is 0 Å². The van der Waals surface area contributed by atoms with Crippen LogP contribution in [-0.4, -0.2) is 27.9 Å². The molecule has 2 saturated carbocycles. The number of H-pyrrole nitrogens is 1. The third-order valence-corrected chi connectivity index (χ3v) is 7.22. The van der Waals surface area contributed by atoms with E-state index in [1.165, 1.54) is 38.2 Å². The van der Waals surface area contributed by atoms with E-state index >= 15 is 0 Å². The highest BCUT2D eigenvalue weighted by Crippen LogP contribution is 2.56. The lowest BCUT2D eigenvalue weighted by Gasteiger charge is -2.61. The largest absolute Gasteiger partial charge is 0.361 e. The summed E-state index contributed by atoms with van der Waals surface area (Å²) in [6, 6.07) is 5.97. The second-order valence-electron chi connectivity index (χ2n) is 9.38. The van der Waals surface area contributed by atoms with E-state index in [9.17, 15) is 9.18 Å². The van der Waals surface area contributed by atoms with Crippen LogP contribution in [-0.2, 0) is 4.79 Å². The molecule has 3 nitrogen and oxygen atoms in total. The summed E-state index contributed by atoms with van der Waals surface area (Å²) in [6.07, 6.45) is 8.41. The fourth-order valence-corrected chi connectivity index (χ4v) is 6.44. The third kappa shape index (κ3) is 2.41. The predicted molar refractivity (Wildman–Crippen MR) is 100 cm³/mol. The van der Waals surface area contributed by atoms with E-state index in [1.54, 1.807) is 6.07 Å². The minimum atomic E-state index is -0.207. The van der Waals surface area contributed by atoms with Gasteiger partial charge in [0.1, 0.15) is 5.82 Å². The highest BCUT2D eigenvalue weighted by atomic mass is 19.1. The van der Waals surface area contributed by atoms with E-state index in [0.717, 1.165) is 17.0 Å². The van der Waals surface area contributed by atoms with Crippen LogP contribution in [0.1, 0.15) is 63.9 Å². The number of aromatic amines is 1. The van der Waals surface area contributed by atoms with Gasteiger partial charge in [0, 0.05) is 35.6 Å². The third-order valence-electron chi connectivity index (χ3n) is 7.22. The number of nitrogens with zero attached hydrogens (tertiary/aromatic N) is 1. The average molecular weight is 354 g/mol. The number of amides is 1. The molecule has 4 aliphatic rings. The number of benzene rings is 1. The minimum absolute atomic E-state index is 0.0147. The molecule has 2 aliphatic carbocycles. The van der Waals surface area contributed by atoms with E-state index < -0.39 is 0 Å². The Labute approximate surface area is 154 Å². The molecule has 2 aromatic rings. The number of halogens is 1. The SMILES string of the molecule is CC(CC(=O)N1C2CC3CC1CC(C)(C3)C2)c1c[nH]c2cccc(F)c12. The van der Waals surface area contributed by atoms with Gasteiger partial charge in [-0.1, -0.05) is 19.9 Å². The van der Waals surface area contributed by atoms with Gasteiger partial charge in [-0.3, -0.25) is 4.79 Å². The van der Waals surface area contributed by atoms with Crippen molar-refractivity contribution in [2.45, 2.75) is 70.4 Å². The first-order valence-corrected chi connectivity index (χ1v) is 10.0. The molecule has 2 saturated heterocycles. The van der Waals surface area contributed by atoms with E-state index in [2.05, 4.69) is 16.8 Å². The molecule has 6 rings (SSSR count). The monoisotopic (exact) mass is 354 g/mol. The van der Waals surface area contributed by atoms with Crippen LogP contribution in [0.25, 0.3) is 10.9 Å². The van der Waals surface area contributed by atoms with Crippen LogP contribution in [0, 0.1) is 17.2 Å². The molecule has 3 atom stereocenters. The van der Waals surface area contributed by atoms with Crippen LogP contribution in [0.3, 0.4) is 0 Å². The molecule has 1 aromatic heterocycles. The quantitative estimate of drug-likeness (QED) is 0.829. The number of aromatic nitrogens is 1. The molecule has 1 amide bonds. The van der Waals surface area contributed by atoms with Crippen LogP contribution in [0.4, 0.5) is 4.39 Å². The summed E-state index contributed by atoms with van der Waals surface area (Å²) in [6.45, 7) is 4.46. The predicted octanol–water partition coefficient (Wildman–Crippen LogP) is 4.98. The van der Waals surface area contributed by atoms with Gasteiger partial charge in [-0.2, -0.15) is 0 Å². The summed E-state index contributed by atoms with van der Waals surface area (Å²) < 4.78 is 14.3. The topological polar surface area (TPSA) is 36.1 Å². The Kier molecular flexibility index (Phi) is 3.51. The molecule has 2 aliphatic heterocycles. The van der Waals surface area contributed by atoms with Crippen LogP contribution in [0.15, 0.2) is 24.4 Å². The first kappa shape index (κ1) is 16.3. The summed E-state index contributed by atoms with van der Waals surface area (Å²) in [4.78, 5) is 18.6. The maximum atomic E-state index is 14.3. The Hall–Kier alpha value is -1.84. The van der Waals surface area contributed by atoms with Crippen molar-refractivity contribution in [3.63, 3.8) is 0 Å². The zero-order chi connectivity index (χ0) is 18.1. The van der Waals surface area contributed by atoms with Crippen LogP contribution >= 0.6 is 0 Å². The van der Waals surface area contributed by atoms with Crippen molar-refractivity contribution < 1.29 is 9.18 Å². The summed E-state index contributed by atoms with van der Waals surface area (Å²) in [5.41, 5.74) is 2.18. The van der Waals surface area contributed by atoms with Gasteiger partial charge in [-0.15, -0.1) is 0 Å². The fourth-order valence-electron chi connectivity index (χ4n) is 6.44. The lowest BCUT2D eigenvalue weighted by Crippen LogP contribution is -2.62. The molecule has 0 spiro atoms. The number of nitrogens with one attached hydrogen (secondary N) is 1. The van der Waals surface area contributed by atoms with Crippen LogP contribution < -0.4 is 0 Å². The van der Waals surface area contributed by atoms with Gasteiger partial charge in [0.15, 0.2) is 0 Å². The first-order chi connectivity index (χ1) is 12.4. The van der Waals surface area contributed by atoms with Gasteiger partial charge in [-0.25, -0.2) is 4.39 Å². The van der Waals surface area contributed by atoms with E-state index in [1.807, 2.05) is 19.2 Å². The highest BCUT2D eigenvalue weighted by Gasteiger charge is 2.53. The maximum absolute atomic E-state index is 14.3. The van der Waals surface area contributed by atoms with E-state index in [0.29, 0.717) is 29.3 Å². The smallest absolute Gasteiger partial charge is 0.223 e. The highest BCUT2D eigenvalue weighted by molar-refractivity contribution is 5.86. The van der Waals surface area contributed by atoms with Gasteiger partial charge in [-0.05, 0) is 67.1 Å². The zero-order valence-electron chi connectivity index (χ0n) is 15.6. The molecule has 1 N–H and O–H groups in total. The van der Waals surface area contributed by atoms with Crippen molar-refractivity contribution >= 4 is 16.8 Å². The van der Waals surface area contributed by atoms with Crippen molar-refractivity contribution in [2.24, 2.45) is 11.3 Å². The van der Waals surface area contributed by atoms with Crippen LogP contribution in [0.5, 0.6) is 0 Å². The molecule has 138 valence electrons. The summed E-state index contributed by atoms with van der Waals surface area (Å²) in [5.74, 6) is 0.893. The fraction of sp³-hybridized carbons (Fsp3) is 0.591. The molecular formula is C22H27FN2O. The van der Waals surface area contributed by atoms with Gasteiger partial charge < -0.3 is 9.88 Å². The minimum Gasteiger partial charge on any atom is -0.361 e. The Balaban J connectivity index is 1.37. The van der Waals surface area contributed by atoms with Crippen molar-refractivity contribution in [1.82, 2.24) is 9.88 Å². The van der Waals surface area contributed by atoms with Gasteiger partial charge in [0.25, 0.3) is 0 Å². The molecule has 4 heteroatoms. The van der Waals surface area contributed by atoms with E-state index in [4.69, 9.17) is 0 Å². The summed E-state index contributed by atoms with van der Waals surface area (Å²) in [5, 5.41) is 0.639. The van der Waals surface area contributed by atoms with Gasteiger partial charge in [0.2, 0.25) is 5.91 Å². The average Bonchev–Trinajstić information content (AvgIpc) is 2.98. The summed E-state index contributed by atoms with van der Waals surface area (Å²) >= 11 is 0. The zero-order valence-corrected chi connectivity index (χ0v) is 15.6. The molecule has 3 heterocycles. The second kappa shape index (κ2) is 5.58. The van der Waals surface area contributed by atoms with Gasteiger partial charge in [0.05, 0.1) is 0 Å². The van der Waals surface area contributed by atoms with Crippen LogP contribution in [0.2, 0.25) is 0 Å². The standard InChI is InChI=1S/C22H27FN2O/c1-13(17-12-24-19-5-3-4-18(23)21(17)19)6-20(26)25-15-7-14-8-16(25)11-22(2,9-14)10-15/h3-5,12-16,24H,6-11H2,1-2H3. The normalized spacial score (nSPS) is 33.8.